The Morgan fingerprint density at radius 2 is 1.93 bits per heavy atom. The number of nitrogens with zero attached hydrogens (tertiary/aromatic N) is 1. The van der Waals surface area contributed by atoms with Crippen molar-refractivity contribution >= 4 is 39.1 Å². The zero-order chi connectivity index (χ0) is 20.4. The molecule has 2 aliphatic rings. The summed E-state index contributed by atoms with van der Waals surface area (Å²) in [7, 11) is 0. The summed E-state index contributed by atoms with van der Waals surface area (Å²) in [5.74, 6) is 1.07. The molecule has 1 saturated heterocycles. The van der Waals surface area contributed by atoms with E-state index in [9.17, 15) is 9.59 Å². The molecule has 2 amide bonds. The fourth-order valence-corrected chi connectivity index (χ4v) is 4.26. The van der Waals surface area contributed by atoms with Gasteiger partial charge in [-0.3, -0.25) is 9.59 Å². The predicted molar refractivity (Wildman–Crippen MR) is 119 cm³/mol. The van der Waals surface area contributed by atoms with Crippen LogP contribution in [0.3, 0.4) is 0 Å². The minimum atomic E-state index is -0.0698. The Labute approximate surface area is 180 Å². The van der Waals surface area contributed by atoms with E-state index >= 15 is 0 Å². The Balaban J connectivity index is 1.25. The van der Waals surface area contributed by atoms with Crippen molar-refractivity contribution in [3.05, 3.63) is 58.6 Å². The standard InChI is InChI=1S/C23H26BrN3O2/c1-15-11-21(15)23(29)26-19-7-5-17(6-8-19)22(28)25-13-16-9-10-27(14-16)20-4-2-3-18(24)12-20/h2-8,12,15-16,21H,9-11,13-14H2,1H3,(H,25,28)(H,26,29). The normalized spacial score (nSPS) is 23.0. The third-order valence-electron chi connectivity index (χ3n) is 5.87. The van der Waals surface area contributed by atoms with Gasteiger partial charge in [0.25, 0.3) is 5.91 Å². The molecule has 1 aliphatic heterocycles. The summed E-state index contributed by atoms with van der Waals surface area (Å²) in [4.78, 5) is 26.8. The van der Waals surface area contributed by atoms with Crippen LogP contribution in [0.1, 0.15) is 30.1 Å². The van der Waals surface area contributed by atoms with E-state index in [4.69, 9.17) is 0 Å². The van der Waals surface area contributed by atoms with Crippen LogP contribution >= 0.6 is 15.9 Å². The highest BCUT2D eigenvalue weighted by molar-refractivity contribution is 9.10. The minimum absolute atomic E-state index is 0.0698. The van der Waals surface area contributed by atoms with Crippen LogP contribution in [0.25, 0.3) is 0 Å². The average Bonchev–Trinajstić information content (AvgIpc) is 3.26. The molecule has 6 heteroatoms. The Kier molecular flexibility index (Phi) is 5.90. The van der Waals surface area contributed by atoms with Crippen molar-refractivity contribution in [1.29, 1.82) is 0 Å². The Hall–Kier alpha value is -2.34. The van der Waals surface area contributed by atoms with E-state index in [0.717, 1.165) is 36.1 Å². The van der Waals surface area contributed by atoms with Gasteiger partial charge in [0.15, 0.2) is 0 Å². The third-order valence-corrected chi connectivity index (χ3v) is 6.36. The van der Waals surface area contributed by atoms with Crippen LogP contribution in [0, 0.1) is 17.8 Å². The number of benzene rings is 2. The first-order valence-electron chi connectivity index (χ1n) is 10.2. The number of carbonyl (C=O) groups excluding carboxylic acids is 2. The van der Waals surface area contributed by atoms with Crippen molar-refractivity contribution in [2.45, 2.75) is 19.8 Å². The number of anilines is 2. The largest absolute Gasteiger partial charge is 0.371 e. The molecule has 152 valence electrons. The molecular weight excluding hydrogens is 430 g/mol. The lowest BCUT2D eigenvalue weighted by Crippen LogP contribution is -2.31. The quantitative estimate of drug-likeness (QED) is 0.682. The second kappa shape index (κ2) is 8.57. The van der Waals surface area contributed by atoms with E-state index < -0.39 is 0 Å². The molecule has 0 bridgehead atoms. The molecule has 2 fully saturated rings. The molecule has 1 saturated carbocycles. The number of hydrogen-bond acceptors (Lipinski definition) is 3. The van der Waals surface area contributed by atoms with E-state index in [2.05, 4.69) is 50.5 Å². The molecule has 0 radical (unpaired) electrons. The number of carbonyl (C=O) groups is 2. The highest BCUT2D eigenvalue weighted by Crippen LogP contribution is 2.38. The van der Waals surface area contributed by atoms with Gasteiger partial charge in [-0.15, -0.1) is 0 Å². The Morgan fingerprint density at radius 1 is 1.17 bits per heavy atom. The van der Waals surface area contributed by atoms with Gasteiger partial charge in [0.05, 0.1) is 0 Å². The van der Waals surface area contributed by atoms with Gasteiger partial charge in [0, 0.05) is 47.0 Å². The molecule has 0 spiro atoms. The lowest BCUT2D eigenvalue weighted by molar-refractivity contribution is -0.117. The number of amides is 2. The number of hydrogen-bond donors (Lipinski definition) is 2. The molecule has 29 heavy (non-hydrogen) atoms. The van der Waals surface area contributed by atoms with E-state index in [0.29, 0.717) is 23.9 Å². The first kappa shape index (κ1) is 20.0. The van der Waals surface area contributed by atoms with Crippen LogP contribution in [-0.2, 0) is 4.79 Å². The molecule has 2 aromatic carbocycles. The van der Waals surface area contributed by atoms with Crippen LogP contribution in [0.5, 0.6) is 0 Å². The van der Waals surface area contributed by atoms with Gasteiger partial charge in [-0.05, 0) is 67.1 Å². The van der Waals surface area contributed by atoms with Gasteiger partial charge in [0.1, 0.15) is 0 Å². The van der Waals surface area contributed by atoms with Crippen LogP contribution in [-0.4, -0.2) is 31.4 Å². The maximum Gasteiger partial charge on any atom is 0.251 e. The van der Waals surface area contributed by atoms with Crippen LogP contribution < -0.4 is 15.5 Å². The smallest absolute Gasteiger partial charge is 0.251 e. The van der Waals surface area contributed by atoms with Gasteiger partial charge >= 0.3 is 0 Å². The summed E-state index contributed by atoms with van der Waals surface area (Å²) in [6.07, 6.45) is 2.03. The van der Waals surface area contributed by atoms with E-state index in [1.54, 1.807) is 24.3 Å². The van der Waals surface area contributed by atoms with E-state index in [-0.39, 0.29) is 17.7 Å². The molecular formula is C23H26BrN3O2. The molecule has 5 nitrogen and oxygen atoms in total. The molecule has 2 aromatic rings. The lowest BCUT2D eigenvalue weighted by Gasteiger charge is -2.19. The molecule has 0 aromatic heterocycles. The summed E-state index contributed by atoms with van der Waals surface area (Å²) in [6, 6.07) is 15.5. The predicted octanol–water partition coefficient (Wildman–Crippen LogP) is 4.30. The highest BCUT2D eigenvalue weighted by atomic mass is 79.9. The fraction of sp³-hybridized carbons (Fsp3) is 0.391. The lowest BCUT2D eigenvalue weighted by atomic mass is 10.1. The first-order chi connectivity index (χ1) is 14.0. The van der Waals surface area contributed by atoms with Crippen LogP contribution in [0.15, 0.2) is 53.0 Å². The summed E-state index contributed by atoms with van der Waals surface area (Å²) >= 11 is 3.52. The number of halogens is 1. The molecule has 3 unspecified atom stereocenters. The van der Waals surface area contributed by atoms with E-state index in [1.807, 2.05) is 12.1 Å². The summed E-state index contributed by atoms with van der Waals surface area (Å²) in [6.45, 7) is 4.70. The summed E-state index contributed by atoms with van der Waals surface area (Å²) in [5, 5.41) is 5.98. The van der Waals surface area contributed by atoms with Gasteiger partial charge in [-0.2, -0.15) is 0 Å². The third kappa shape index (κ3) is 4.99. The minimum Gasteiger partial charge on any atom is -0.371 e. The average molecular weight is 456 g/mol. The van der Waals surface area contributed by atoms with Crippen molar-refractivity contribution in [3.8, 4) is 0 Å². The second-order valence-corrected chi connectivity index (χ2v) is 9.09. The van der Waals surface area contributed by atoms with Gasteiger partial charge in [0.2, 0.25) is 5.91 Å². The van der Waals surface area contributed by atoms with E-state index in [1.165, 1.54) is 5.69 Å². The molecule has 1 heterocycles. The Bertz CT molecular complexity index is 899. The van der Waals surface area contributed by atoms with Gasteiger partial charge in [-0.1, -0.05) is 28.9 Å². The summed E-state index contributed by atoms with van der Waals surface area (Å²) < 4.78 is 1.08. The van der Waals surface area contributed by atoms with Crippen molar-refractivity contribution in [1.82, 2.24) is 5.32 Å². The molecule has 3 atom stereocenters. The number of rotatable bonds is 6. The zero-order valence-corrected chi connectivity index (χ0v) is 18.1. The van der Waals surface area contributed by atoms with Crippen molar-refractivity contribution in [2.24, 2.45) is 17.8 Å². The van der Waals surface area contributed by atoms with Crippen LogP contribution in [0.2, 0.25) is 0 Å². The Morgan fingerprint density at radius 3 is 2.62 bits per heavy atom. The second-order valence-electron chi connectivity index (χ2n) is 8.18. The monoisotopic (exact) mass is 455 g/mol. The zero-order valence-electron chi connectivity index (χ0n) is 16.5. The van der Waals surface area contributed by atoms with Gasteiger partial charge in [-0.25, -0.2) is 0 Å². The molecule has 1 aliphatic carbocycles. The van der Waals surface area contributed by atoms with Crippen molar-refractivity contribution < 1.29 is 9.59 Å². The van der Waals surface area contributed by atoms with Gasteiger partial charge < -0.3 is 15.5 Å². The fourth-order valence-electron chi connectivity index (χ4n) is 3.87. The molecule has 4 rings (SSSR count). The van der Waals surface area contributed by atoms with Crippen LogP contribution in [0.4, 0.5) is 11.4 Å². The highest BCUT2D eigenvalue weighted by Gasteiger charge is 2.39. The topological polar surface area (TPSA) is 61.4 Å². The van der Waals surface area contributed by atoms with Crippen molar-refractivity contribution in [3.63, 3.8) is 0 Å². The molecule has 2 N–H and O–H groups in total. The maximum absolute atomic E-state index is 12.5. The first-order valence-corrected chi connectivity index (χ1v) is 11.0. The number of nitrogens with one attached hydrogen (secondary N) is 2. The maximum atomic E-state index is 12.5. The SMILES string of the molecule is CC1CC1C(=O)Nc1ccc(C(=O)NCC2CCN(c3cccc(Br)c3)C2)cc1. The summed E-state index contributed by atoms with van der Waals surface area (Å²) in [5.41, 5.74) is 2.57. The van der Waals surface area contributed by atoms with Crippen molar-refractivity contribution in [2.75, 3.05) is 29.9 Å².